The van der Waals surface area contributed by atoms with E-state index >= 15 is 0 Å². The lowest BCUT2D eigenvalue weighted by atomic mass is 9.91. The van der Waals surface area contributed by atoms with Gasteiger partial charge in [-0.3, -0.25) is 14.6 Å². The number of amides is 3. The summed E-state index contributed by atoms with van der Waals surface area (Å²) in [5.41, 5.74) is 3.70. The molecule has 0 radical (unpaired) electrons. The highest BCUT2D eigenvalue weighted by Gasteiger charge is 2.47. The molecule has 2 saturated heterocycles. The Hall–Kier alpha value is -5.39. The molecule has 0 saturated carbocycles. The smallest absolute Gasteiger partial charge is 0.411 e. The Kier molecular flexibility index (Phi) is 14.0. The Morgan fingerprint density at radius 3 is 1.71 bits per heavy atom. The maximum absolute atomic E-state index is 14.8. The molecule has 0 bridgehead atoms. The van der Waals surface area contributed by atoms with Gasteiger partial charge in [0.05, 0.1) is 6.10 Å². The number of anilines is 1. The van der Waals surface area contributed by atoms with Gasteiger partial charge in [0.2, 0.25) is 5.91 Å². The Balaban J connectivity index is 1.36. The van der Waals surface area contributed by atoms with Crippen molar-refractivity contribution < 1.29 is 29.0 Å². The number of rotatable bonds is 12. The van der Waals surface area contributed by atoms with Crippen LogP contribution in [0.15, 0.2) is 115 Å². The SMILES string of the molecule is CC(C)(C)OC(=O)N1CCN(c2cccc(C[C@@H]([C@H](O)[C@H]3C(=O)N(Cc4ccccc4)CCN3C(=O)OC(C)(C)C)N(Cc3ccccc3)Cc3ccccc3)c2)CC1. The Morgan fingerprint density at radius 1 is 0.661 bits per heavy atom. The summed E-state index contributed by atoms with van der Waals surface area (Å²) in [7, 11) is 0. The van der Waals surface area contributed by atoms with Gasteiger partial charge in [0.25, 0.3) is 0 Å². The van der Waals surface area contributed by atoms with E-state index in [1.807, 2.05) is 93.6 Å². The second kappa shape index (κ2) is 19.1. The summed E-state index contributed by atoms with van der Waals surface area (Å²) in [5.74, 6) is -0.320. The first-order valence-corrected chi connectivity index (χ1v) is 20.8. The van der Waals surface area contributed by atoms with Crippen LogP contribution in [0.1, 0.15) is 63.8 Å². The molecule has 0 aliphatic carbocycles. The average molecular weight is 804 g/mol. The predicted octanol–water partition coefficient (Wildman–Crippen LogP) is 7.37. The molecule has 59 heavy (non-hydrogen) atoms. The van der Waals surface area contributed by atoms with Crippen LogP contribution in [0.5, 0.6) is 0 Å². The van der Waals surface area contributed by atoms with Crippen LogP contribution in [0, 0.1) is 0 Å². The first-order chi connectivity index (χ1) is 28.1. The fraction of sp³-hybridized carbons (Fsp3) is 0.438. The third kappa shape index (κ3) is 12.1. The van der Waals surface area contributed by atoms with Crippen LogP contribution < -0.4 is 4.90 Å². The van der Waals surface area contributed by atoms with Crippen LogP contribution in [0.4, 0.5) is 15.3 Å². The van der Waals surface area contributed by atoms with Crippen LogP contribution in [-0.2, 0) is 40.3 Å². The van der Waals surface area contributed by atoms with E-state index in [4.69, 9.17) is 9.47 Å². The molecule has 0 aromatic heterocycles. The van der Waals surface area contributed by atoms with Crippen molar-refractivity contribution in [3.63, 3.8) is 0 Å². The molecule has 2 heterocycles. The zero-order chi connectivity index (χ0) is 42.2. The van der Waals surface area contributed by atoms with Crippen LogP contribution in [0.25, 0.3) is 0 Å². The van der Waals surface area contributed by atoms with Gasteiger partial charge in [-0.25, -0.2) is 9.59 Å². The van der Waals surface area contributed by atoms with E-state index in [2.05, 4.69) is 52.3 Å². The molecule has 3 atom stereocenters. The van der Waals surface area contributed by atoms with Crippen molar-refractivity contribution >= 4 is 23.8 Å². The van der Waals surface area contributed by atoms with E-state index in [9.17, 15) is 19.5 Å². The van der Waals surface area contributed by atoms with Gasteiger partial charge in [-0.15, -0.1) is 0 Å². The van der Waals surface area contributed by atoms with Crippen molar-refractivity contribution in [2.45, 2.75) is 97.0 Å². The van der Waals surface area contributed by atoms with Gasteiger partial charge in [0.1, 0.15) is 17.2 Å². The molecule has 0 unspecified atom stereocenters. The second-order valence-electron chi connectivity index (χ2n) is 17.6. The summed E-state index contributed by atoms with van der Waals surface area (Å²) in [6, 6.07) is 36.5. The number of aliphatic hydroxyl groups excluding tert-OH is 1. The summed E-state index contributed by atoms with van der Waals surface area (Å²) in [6.45, 7) is 15.2. The maximum Gasteiger partial charge on any atom is 0.411 e. The standard InChI is InChI=1S/C48H61N5O6/c1-47(2,3)58-45(56)50-27-25-49(26-28-50)40-24-16-23-39(31-40)32-41(52(34-37-19-12-8-13-20-37)35-38-21-14-9-15-22-38)43(54)42-44(55)51(33-36-17-10-7-11-18-36)29-30-53(42)46(57)59-48(4,5)6/h7-24,31,41-43,54H,25-30,32-35H2,1-6H3/t41-,42-,43-/m0/s1. The Bertz CT molecular complexity index is 1930. The number of hydrogen-bond donors (Lipinski definition) is 1. The minimum Gasteiger partial charge on any atom is -0.444 e. The molecule has 2 aliphatic rings. The Labute approximate surface area is 350 Å². The molecule has 4 aromatic carbocycles. The highest BCUT2D eigenvalue weighted by molar-refractivity contribution is 5.88. The molecular formula is C48H61N5O6. The molecule has 1 N–H and O–H groups in total. The normalized spacial score (nSPS) is 17.5. The summed E-state index contributed by atoms with van der Waals surface area (Å²) in [4.78, 5) is 51.1. The van der Waals surface area contributed by atoms with E-state index in [0.29, 0.717) is 58.8 Å². The number of nitrogens with zero attached hydrogens (tertiary/aromatic N) is 5. The van der Waals surface area contributed by atoms with Gasteiger partial charge in [0, 0.05) is 70.6 Å². The van der Waals surface area contributed by atoms with Gasteiger partial charge in [-0.2, -0.15) is 0 Å². The minimum absolute atomic E-state index is 0.212. The maximum atomic E-state index is 14.8. The van der Waals surface area contributed by atoms with Crippen LogP contribution in [-0.4, -0.2) is 111 Å². The lowest BCUT2D eigenvalue weighted by Crippen LogP contribution is -2.66. The molecule has 314 valence electrons. The van der Waals surface area contributed by atoms with Gasteiger partial charge in [-0.05, 0) is 82.3 Å². The zero-order valence-corrected chi connectivity index (χ0v) is 35.5. The summed E-state index contributed by atoms with van der Waals surface area (Å²) in [5, 5.41) is 13.0. The molecule has 4 aromatic rings. The molecule has 2 aliphatic heterocycles. The largest absolute Gasteiger partial charge is 0.444 e. The monoisotopic (exact) mass is 803 g/mol. The van der Waals surface area contributed by atoms with Crippen molar-refractivity contribution in [2.24, 2.45) is 0 Å². The Morgan fingerprint density at radius 2 is 1.17 bits per heavy atom. The summed E-state index contributed by atoms with van der Waals surface area (Å²) in [6.07, 6.45) is -1.85. The number of benzene rings is 4. The second-order valence-corrected chi connectivity index (χ2v) is 17.6. The van der Waals surface area contributed by atoms with Gasteiger partial charge >= 0.3 is 12.2 Å². The van der Waals surface area contributed by atoms with Gasteiger partial charge in [-0.1, -0.05) is 103 Å². The highest BCUT2D eigenvalue weighted by atomic mass is 16.6. The van der Waals surface area contributed by atoms with Crippen molar-refractivity contribution in [3.8, 4) is 0 Å². The van der Waals surface area contributed by atoms with Crippen molar-refractivity contribution in [1.29, 1.82) is 0 Å². The minimum atomic E-state index is -1.30. The molecular weight excluding hydrogens is 743 g/mol. The van der Waals surface area contributed by atoms with Gasteiger partial charge < -0.3 is 29.3 Å². The fourth-order valence-electron chi connectivity index (χ4n) is 7.81. The quantitative estimate of drug-likeness (QED) is 0.159. The number of ether oxygens (including phenoxy) is 2. The van der Waals surface area contributed by atoms with Crippen molar-refractivity contribution in [2.75, 3.05) is 44.2 Å². The first kappa shape index (κ1) is 43.2. The number of piperazine rings is 2. The van der Waals surface area contributed by atoms with E-state index in [0.717, 1.165) is 27.9 Å². The lowest BCUT2D eigenvalue weighted by Gasteiger charge is -2.46. The van der Waals surface area contributed by atoms with E-state index < -0.39 is 35.5 Å². The van der Waals surface area contributed by atoms with Crippen molar-refractivity contribution in [1.82, 2.24) is 19.6 Å². The first-order valence-electron chi connectivity index (χ1n) is 20.8. The fourth-order valence-corrected chi connectivity index (χ4v) is 7.81. The number of hydrogen-bond acceptors (Lipinski definition) is 8. The molecule has 2 fully saturated rings. The molecule has 11 nitrogen and oxygen atoms in total. The molecule has 0 spiro atoms. The molecule has 6 rings (SSSR count). The zero-order valence-electron chi connectivity index (χ0n) is 35.5. The lowest BCUT2D eigenvalue weighted by molar-refractivity contribution is -0.150. The average Bonchev–Trinajstić information content (AvgIpc) is 3.20. The van der Waals surface area contributed by atoms with E-state index in [-0.39, 0.29) is 18.5 Å². The van der Waals surface area contributed by atoms with Crippen LogP contribution in [0.3, 0.4) is 0 Å². The molecule has 11 heteroatoms. The number of aliphatic hydroxyl groups is 1. The van der Waals surface area contributed by atoms with Crippen molar-refractivity contribution in [3.05, 3.63) is 138 Å². The van der Waals surface area contributed by atoms with Gasteiger partial charge in [0.15, 0.2) is 0 Å². The predicted molar refractivity (Wildman–Crippen MR) is 231 cm³/mol. The highest BCUT2D eigenvalue weighted by Crippen LogP contribution is 2.29. The summed E-state index contributed by atoms with van der Waals surface area (Å²) >= 11 is 0. The number of carbonyl (C=O) groups is 3. The number of carbonyl (C=O) groups excluding carboxylic acids is 3. The van der Waals surface area contributed by atoms with E-state index in [1.54, 1.807) is 30.6 Å². The third-order valence-electron chi connectivity index (χ3n) is 10.7. The third-order valence-corrected chi connectivity index (χ3v) is 10.7. The topological polar surface area (TPSA) is 106 Å². The van der Waals surface area contributed by atoms with E-state index in [1.165, 1.54) is 4.90 Å². The molecule has 3 amide bonds. The van der Waals surface area contributed by atoms with Crippen LogP contribution >= 0.6 is 0 Å². The van der Waals surface area contributed by atoms with Crippen LogP contribution in [0.2, 0.25) is 0 Å². The summed E-state index contributed by atoms with van der Waals surface area (Å²) < 4.78 is 11.5.